The van der Waals surface area contributed by atoms with Crippen molar-refractivity contribution in [2.24, 2.45) is 0 Å². The molecule has 0 bridgehead atoms. The first-order chi connectivity index (χ1) is 14.4. The molecule has 0 atom stereocenters. The minimum atomic E-state index is -3.66. The van der Waals surface area contributed by atoms with Crippen LogP contribution < -0.4 is 4.90 Å². The molecule has 3 aromatic rings. The smallest absolute Gasteiger partial charge is 0.340 e. The number of carbonyl (C=O) groups is 1. The van der Waals surface area contributed by atoms with Crippen LogP contribution in [0.4, 0.5) is 5.69 Å². The van der Waals surface area contributed by atoms with E-state index in [9.17, 15) is 13.2 Å². The minimum Gasteiger partial charge on any atom is -0.455 e. The number of aromatic nitrogens is 1. The van der Waals surface area contributed by atoms with Gasteiger partial charge in [-0.2, -0.15) is 0 Å². The Morgan fingerprint density at radius 2 is 1.90 bits per heavy atom. The van der Waals surface area contributed by atoms with Gasteiger partial charge in [0.25, 0.3) is 0 Å². The topological polar surface area (TPSA) is 79.8 Å². The molecule has 1 aliphatic rings. The fourth-order valence-corrected chi connectivity index (χ4v) is 5.28. The molecule has 0 radical (unpaired) electrons. The van der Waals surface area contributed by atoms with Gasteiger partial charge in [-0.3, -0.25) is 0 Å². The lowest BCUT2D eigenvalue weighted by Gasteiger charge is -2.22. The SMILES string of the molecule is CN(C)S(=O)(=O)c1ccc(N2CCCC2)c(C(=O)OCc2nc3ccccc3s2)c1. The highest BCUT2D eigenvalue weighted by molar-refractivity contribution is 7.89. The van der Waals surface area contributed by atoms with E-state index in [1.807, 2.05) is 24.3 Å². The van der Waals surface area contributed by atoms with E-state index in [1.165, 1.54) is 31.5 Å². The van der Waals surface area contributed by atoms with E-state index in [1.54, 1.807) is 12.1 Å². The second-order valence-corrected chi connectivity index (χ2v) is 10.6. The van der Waals surface area contributed by atoms with E-state index in [0.29, 0.717) is 10.7 Å². The molecule has 0 amide bonds. The fraction of sp³-hybridized carbons (Fsp3) is 0.333. The largest absolute Gasteiger partial charge is 0.455 e. The maximum absolute atomic E-state index is 13.0. The van der Waals surface area contributed by atoms with Crippen LogP contribution in [0.5, 0.6) is 0 Å². The Hall–Kier alpha value is -2.49. The number of benzene rings is 2. The van der Waals surface area contributed by atoms with Crippen LogP contribution in [0.3, 0.4) is 0 Å². The zero-order valence-electron chi connectivity index (χ0n) is 16.9. The second-order valence-electron chi connectivity index (χ2n) is 7.31. The van der Waals surface area contributed by atoms with Crippen LogP contribution in [0.2, 0.25) is 0 Å². The highest BCUT2D eigenvalue weighted by Crippen LogP contribution is 2.29. The minimum absolute atomic E-state index is 0.0439. The summed E-state index contributed by atoms with van der Waals surface area (Å²) >= 11 is 1.47. The Morgan fingerprint density at radius 3 is 2.60 bits per heavy atom. The number of nitrogens with zero attached hydrogens (tertiary/aromatic N) is 3. The Balaban J connectivity index is 1.63. The predicted molar refractivity (Wildman–Crippen MR) is 118 cm³/mol. The summed E-state index contributed by atoms with van der Waals surface area (Å²) < 4.78 is 32.8. The summed E-state index contributed by atoms with van der Waals surface area (Å²) in [5, 5.41) is 0.698. The van der Waals surface area contributed by atoms with E-state index in [0.717, 1.165) is 40.5 Å². The van der Waals surface area contributed by atoms with Gasteiger partial charge in [0.15, 0.2) is 0 Å². The van der Waals surface area contributed by atoms with E-state index in [-0.39, 0.29) is 17.1 Å². The van der Waals surface area contributed by atoms with Crippen molar-refractivity contribution in [3.63, 3.8) is 0 Å². The van der Waals surface area contributed by atoms with Crippen molar-refractivity contribution in [3.8, 4) is 0 Å². The molecule has 0 spiro atoms. The van der Waals surface area contributed by atoms with Gasteiger partial charge < -0.3 is 9.64 Å². The molecular formula is C21H23N3O4S2. The molecule has 1 aliphatic heterocycles. The van der Waals surface area contributed by atoms with Crippen molar-refractivity contribution in [1.82, 2.24) is 9.29 Å². The first-order valence-corrected chi connectivity index (χ1v) is 11.9. The fourth-order valence-electron chi connectivity index (χ4n) is 3.47. The van der Waals surface area contributed by atoms with E-state index < -0.39 is 16.0 Å². The standard InChI is InChI=1S/C21H23N3O4S2/c1-23(2)30(26,27)15-9-10-18(24-11-5-6-12-24)16(13-15)21(25)28-14-20-22-17-7-3-4-8-19(17)29-20/h3-4,7-10,13H,5-6,11-12,14H2,1-2H3. The molecule has 1 saturated heterocycles. The highest BCUT2D eigenvalue weighted by atomic mass is 32.2. The van der Waals surface area contributed by atoms with Gasteiger partial charge in [0, 0.05) is 27.2 Å². The third-order valence-corrected chi connectivity index (χ3v) is 7.90. The van der Waals surface area contributed by atoms with Gasteiger partial charge >= 0.3 is 5.97 Å². The normalized spacial score (nSPS) is 14.6. The number of hydrogen-bond acceptors (Lipinski definition) is 7. The zero-order chi connectivity index (χ0) is 21.3. The number of ether oxygens (including phenoxy) is 1. The molecule has 1 fully saturated rings. The molecule has 30 heavy (non-hydrogen) atoms. The zero-order valence-corrected chi connectivity index (χ0v) is 18.5. The van der Waals surface area contributed by atoms with Crippen LogP contribution in [0, 0.1) is 0 Å². The third kappa shape index (κ3) is 4.05. The summed E-state index contributed by atoms with van der Waals surface area (Å²) in [6.07, 6.45) is 2.08. The van der Waals surface area contributed by atoms with Gasteiger partial charge in [-0.1, -0.05) is 12.1 Å². The molecule has 4 rings (SSSR count). The van der Waals surface area contributed by atoms with Gasteiger partial charge in [-0.15, -0.1) is 11.3 Å². The van der Waals surface area contributed by atoms with Gasteiger partial charge in [0.2, 0.25) is 10.0 Å². The molecular weight excluding hydrogens is 422 g/mol. The number of hydrogen-bond donors (Lipinski definition) is 0. The van der Waals surface area contributed by atoms with Gasteiger partial charge in [-0.25, -0.2) is 22.5 Å². The van der Waals surface area contributed by atoms with Crippen molar-refractivity contribution in [2.45, 2.75) is 24.3 Å². The summed E-state index contributed by atoms with van der Waals surface area (Å²) in [5.74, 6) is -0.549. The quantitative estimate of drug-likeness (QED) is 0.540. The highest BCUT2D eigenvalue weighted by Gasteiger charge is 2.25. The first-order valence-electron chi connectivity index (χ1n) is 9.69. The van der Waals surface area contributed by atoms with Gasteiger partial charge in [-0.05, 0) is 43.2 Å². The maximum Gasteiger partial charge on any atom is 0.340 e. The molecule has 9 heteroatoms. The number of sulfonamides is 1. The lowest BCUT2D eigenvalue weighted by molar-refractivity contribution is 0.0473. The molecule has 0 N–H and O–H groups in total. The first kappa shape index (κ1) is 20.8. The summed E-state index contributed by atoms with van der Waals surface area (Å²) in [5.41, 5.74) is 1.84. The Morgan fingerprint density at radius 1 is 1.17 bits per heavy atom. The van der Waals surface area contributed by atoms with E-state index in [4.69, 9.17) is 4.74 Å². The van der Waals surface area contributed by atoms with Crippen molar-refractivity contribution in [1.29, 1.82) is 0 Å². The van der Waals surface area contributed by atoms with Crippen molar-refractivity contribution in [2.75, 3.05) is 32.1 Å². The monoisotopic (exact) mass is 445 g/mol. The summed E-state index contributed by atoms with van der Waals surface area (Å²) in [7, 11) is -0.727. The Bertz CT molecular complexity index is 1150. The predicted octanol–water partition coefficient (Wildman–Crippen LogP) is 3.50. The van der Waals surface area contributed by atoms with Crippen LogP contribution in [-0.2, 0) is 21.4 Å². The summed E-state index contributed by atoms with van der Waals surface area (Å²) in [6.45, 7) is 1.71. The number of fused-ring (bicyclic) bond motifs is 1. The van der Waals surface area contributed by atoms with Crippen molar-refractivity contribution >= 4 is 43.2 Å². The van der Waals surface area contributed by atoms with Crippen LogP contribution in [0.25, 0.3) is 10.2 Å². The molecule has 2 heterocycles. The third-order valence-electron chi connectivity index (χ3n) is 5.08. The molecule has 158 valence electrons. The number of esters is 1. The Labute approximate surface area is 179 Å². The molecule has 0 unspecified atom stereocenters. The van der Waals surface area contributed by atoms with E-state index in [2.05, 4.69) is 9.88 Å². The average Bonchev–Trinajstić information content (AvgIpc) is 3.41. The number of carbonyl (C=O) groups excluding carboxylic acids is 1. The summed E-state index contributed by atoms with van der Waals surface area (Å²) in [4.78, 5) is 19.6. The molecule has 2 aromatic carbocycles. The second kappa shape index (κ2) is 8.33. The Kier molecular flexibility index (Phi) is 5.77. The molecule has 0 aliphatic carbocycles. The number of para-hydroxylation sites is 1. The van der Waals surface area contributed by atoms with Crippen molar-refractivity contribution < 1.29 is 17.9 Å². The molecule has 7 nitrogen and oxygen atoms in total. The number of anilines is 1. The number of thiazole rings is 1. The van der Waals surface area contributed by atoms with Gasteiger partial charge in [0.05, 0.1) is 26.4 Å². The lowest BCUT2D eigenvalue weighted by Crippen LogP contribution is -2.24. The van der Waals surface area contributed by atoms with Crippen LogP contribution >= 0.6 is 11.3 Å². The molecule has 1 aromatic heterocycles. The van der Waals surface area contributed by atoms with Gasteiger partial charge in [0.1, 0.15) is 11.6 Å². The molecule has 0 saturated carbocycles. The van der Waals surface area contributed by atoms with Crippen LogP contribution in [0.1, 0.15) is 28.2 Å². The van der Waals surface area contributed by atoms with Crippen LogP contribution in [0.15, 0.2) is 47.4 Å². The average molecular weight is 446 g/mol. The number of rotatable bonds is 6. The summed E-state index contributed by atoms with van der Waals surface area (Å²) in [6, 6.07) is 12.4. The lowest BCUT2D eigenvalue weighted by atomic mass is 10.1. The van der Waals surface area contributed by atoms with Crippen LogP contribution in [-0.4, -0.2) is 50.9 Å². The maximum atomic E-state index is 13.0. The van der Waals surface area contributed by atoms with E-state index >= 15 is 0 Å². The van der Waals surface area contributed by atoms with Crippen molar-refractivity contribution in [3.05, 3.63) is 53.0 Å².